The fourth-order valence-electron chi connectivity index (χ4n) is 12.7. The zero-order valence-electron chi connectivity index (χ0n) is 30.6. The first kappa shape index (κ1) is 34.9. The van der Waals surface area contributed by atoms with Gasteiger partial charge >= 0.3 is 0 Å². The molecule has 0 aromatic heterocycles. The molecule has 9 rings (SSSR count). The van der Waals surface area contributed by atoms with Gasteiger partial charge in [0.15, 0.2) is 8.32 Å². The van der Waals surface area contributed by atoms with Gasteiger partial charge in [0, 0.05) is 0 Å². The molecule has 0 spiro atoms. The highest BCUT2D eigenvalue weighted by molar-refractivity contribution is 6.72. The lowest BCUT2D eigenvalue weighted by atomic mass is 9.76. The van der Waals surface area contributed by atoms with E-state index in [2.05, 4.69) is 63.3 Å². The Labute approximate surface area is 293 Å². The molecule has 274 valence electrons. The van der Waals surface area contributed by atoms with Crippen molar-refractivity contribution in [2.45, 2.75) is 191 Å². The van der Waals surface area contributed by atoms with Gasteiger partial charge in [-0.2, -0.15) is 0 Å². The van der Waals surface area contributed by atoms with Crippen molar-refractivity contribution >= 4 is 8.32 Å². The van der Waals surface area contributed by atoms with E-state index in [0.717, 1.165) is 65.5 Å². The summed E-state index contributed by atoms with van der Waals surface area (Å²) in [6.07, 6.45) is 25.6. The van der Waals surface area contributed by atoms with Gasteiger partial charge in [-0.15, -0.1) is 0 Å². The molecule has 10 heteroatoms. The molecule has 8 unspecified atom stereocenters. The van der Waals surface area contributed by atoms with Gasteiger partial charge in [-0.05, 0) is 117 Å². The van der Waals surface area contributed by atoms with Crippen molar-refractivity contribution in [3.05, 3.63) is 0 Å². The smallest absolute Gasteiger partial charge is 0.187 e. The molecule has 4 saturated carbocycles. The predicted octanol–water partition coefficient (Wildman–Crippen LogP) is 4.59. The molecule has 9 nitrogen and oxygen atoms in total. The summed E-state index contributed by atoms with van der Waals surface area (Å²) < 4.78 is 0. The zero-order valence-corrected chi connectivity index (χ0v) is 31.6. The number of nitrogens with one attached hydrogen (secondary N) is 8. The molecule has 9 fully saturated rings. The topological polar surface area (TPSA) is 116 Å². The molecule has 0 aromatic carbocycles. The Hall–Kier alpha value is -0.143. The first-order chi connectivity index (χ1) is 23.5. The number of fused-ring (bicyclic) bond motifs is 20. The molecule has 8 bridgehead atoms. The quantitative estimate of drug-likeness (QED) is 0.197. The highest BCUT2D eigenvalue weighted by Crippen LogP contribution is 2.45. The lowest BCUT2D eigenvalue weighted by Crippen LogP contribution is -2.61. The lowest BCUT2D eigenvalue weighted by molar-refractivity contribution is 0.167. The zero-order chi connectivity index (χ0) is 32.8. The van der Waals surface area contributed by atoms with Gasteiger partial charge < -0.3 is 4.80 Å². The van der Waals surface area contributed by atoms with Crippen molar-refractivity contribution < 1.29 is 4.80 Å². The second kappa shape index (κ2) is 15.1. The van der Waals surface area contributed by atoms with Crippen LogP contribution in [0.2, 0.25) is 18.1 Å². The number of hydrogen-bond acceptors (Lipinski definition) is 9. The van der Waals surface area contributed by atoms with Crippen LogP contribution >= 0.6 is 0 Å². The van der Waals surface area contributed by atoms with E-state index in [-0.39, 0.29) is 0 Å². The third-order valence-corrected chi connectivity index (χ3v) is 19.7. The van der Waals surface area contributed by atoms with Gasteiger partial charge in [0.1, 0.15) is 0 Å². The van der Waals surface area contributed by atoms with E-state index in [1.165, 1.54) is 103 Å². The van der Waals surface area contributed by atoms with Crippen molar-refractivity contribution in [3.63, 3.8) is 0 Å². The third kappa shape index (κ3) is 6.76. The summed E-state index contributed by atoms with van der Waals surface area (Å²) in [5.74, 6) is 5.97. The van der Waals surface area contributed by atoms with Crippen molar-refractivity contribution in [3.8, 4) is 0 Å². The van der Waals surface area contributed by atoms with Crippen molar-refractivity contribution in [2.24, 2.45) is 47.3 Å². The van der Waals surface area contributed by atoms with E-state index >= 15 is 0 Å². The van der Waals surface area contributed by atoms with Crippen molar-refractivity contribution in [1.82, 2.24) is 42.5 Å². The largest absolute Gasteiger partial charge is 0.432 e. The number of hydrogen-bond donors (Lipinski definition) is 9. The van der Waals surface area contributed by atoms with Crippen LogP contribution in [-0.4, -0.2) is 62.4 Å². The molecule has 0 aromatic rings. The van der Waals surface area contributed by atoms with E-state index in [9.17, 15) is 4.80 Å². The second-order valence-corrected chi connectivity index (χ2v) is 22.5. The summed E-state index contributed by atoms with van der Waals surface area (Å²) in [6, 6.07) is 3.04. The molecule has 0 amide bonds. The minimum Gasteiger partial charge on any atom is -0.432 e. The summed E-state index contributed by atoms with van der Waals surface area (Å²) in [4.78, 5) is 9.58. The molecule has 5 aliphatic heterocycles. The van der Waals surface area contributed by atoms with Crippen LogP contribution in [0.15, 0.2) is 0 Å². The Morgan fingerprint density at radius 2 is 0.479 bits per heavy atom. The van der Waals surface area contributed by atoms with Gasteiger partial charge in [-0.25, -0.2) is 0 Å². The van der Waals surface area contributed by atoms with Gasteiger partial charge in [-0.1, -0.05) is 72.1 Å². The standard InChI is InChI=1S/C32H56N8.C6H16OSi/c1-2-10-18-17(9-1)25-33-26(18)38-28-21-13-5-6-14-22(21)30(35-28)40-32-24-16-8-7-15-23(24)31(36-32)39-29-20-12-4-3-11-19(20)27(34-29)37-25;1-4-8(7,5-2)6-3/h17-40H,1-16H2;7H,4-6H2,1-3H3. The normalized spacial score (nSPS) is 50.0. The average Bonchev–Trinajstić information content (AvgIpc) is 3.87. The Balaban J connectivity index is 0.000000377. The average molecular weight is 685 g/mol. The SMILES string of the molecule is C1CCC2C3NC(NC4NC(NC5NC(NC6NC(N3)C3CCCCC63)C3CCCCC53)C3CCCCC43)C2C1.CC[Si](O)(CC)CC. The van der Waals surface area contributed by atoms with Crippen LogP contribution in [0.3, 0.4) is 0 Å². The van der Waals surface area contributed by atoms with Gasteiger partial charge in [0.05, 0.1) is 49.3 Å². The van der Waals surface area contributed by atoms with E-state index in [0.29, 0.717) is 49.3 Å². The fraction of sp³-hybridized carbons (Fsp3) is 1.00. The molecule has 8 atom stereocenters. The molecule has 0 radical (unpaired) electrons. The molecule has 9 N–H and O–H groups in total. The Bertz CT molecular complexity index is 849. The highest BCUT2D eigenvalue weighted by Gasteiger charge is 2.54. The van der Waals surface area contributed by atoms with Crippen molar-refractivity contribution in [2.75, 3.05) is 0 Å². The predicted molar refractivity (Wildman–Crippen MR) is 197 cm³/mol. The van der Waals surface area contributed by atoms with Crippen LogP contribution in [0.4, 0.5) is 0 Å². The Morgan fingerprint density at radius 1 is 0.333 bits per heavy atom. The van der Waals surface area contributed by atoms with Crippen LogP contribution in [0.25, 0.3) is 0 Å². The number of rotatable bonds is 3. The maximum Gasteiger partial charge on any atom is 0.187 e. The van der Waals surface area contributed by atoms with E-state index in [1.807, 2.05) is 0 Å². The van der Waals surface area contributed by atoms with Crippen LogP contribution in [0.1, 0.15) is 124 Å². The minimum absolute atomic E-state index is 0.420. The maximum atomic E-state index is 9.58. The van der Waals surface area contributed by atoms with Gasteiger partial charge in [-0.3, -0.25) is 42.5 Å². The Morgan fingerprint density at radius 3 is 0.583 bits per heavy atom. The summed E-state index contributed by atoms with van der Waals surface area (Å²) in [5, 5.41) is 33.8. The molecule has 5 heterocycles. The molecule has 9 aliphatic rings. The summed E-state index contributed by atoms with van der Waals surface area (Å²) in [7, 11) is -1.67. The second-order valence-electron chi connectivity index (χ2n) is 17.9. The van der Waals surface area contributed by atoms with Crippen LogP contribution < -0.4 is 42.5 Å². The van der Waals surface area contributed by atoms with Crippen LogP contribution in [0, 0.1) is 47.3 Å². The molecule has 5 saturated heterocycles. The Kier molecular flexibility index (Phi) is 11.0. The van der Waals surface area contributed by atoms with Gasteiger partial charge in [0.25, 0.3) is 0 Å². The molecular formula is C38H72N8OSi. The maximum absolute atomic E-state index is 9.58. The molecule has 48 heavy (non-hydrogen) atoms. The lowest BCUT2D eigenvalue weighted by Gasteiger charge is -2.35. The summed E-state index contributed by atoms with van der Waals surface area (Å²) in [6.45, 7) is 6.25. The fourth-order valence-corrected chi connectivity index (χ4v) is 14.2. The van der Waals surface area contributed by atoms with Crippen LogP contribution in [0.5, 0.6) is 0 Å². The first-order valence-corrected chi connectivity index (χ1v) is 23.9. The molecule has 4 aliphatic carbocycles. The molecular weight excluding hydrogens is 613 g/mol. The van der Waals surface area contributed by atoms with Crippen molar-refractivity contribution in [1.29, 1.82) is 0 Å². The van der Waals surface area contributed by atoms with E-state index < -0.39 is 8.32 Å². The van der Waals surface area contributed by atoms with Crippen LogP contribution in [-0.2, 0) is 0 Å². The first-order valence-electron chi connectivity index (χ1n) is 21.3. The van der Waals surface area contributed by atoms with E-state index in [4.69, 9.17) is 0 Å². The summed E-state index contributed by atoms with van der Waals surface area (Å²) in [5.41, 5.74) is 0. The minimum atomic E-state index is -1.67. The third-order valence-electron chi connectivity index (χ3n) is 15.8. The highest BCUT2D eigenvalue weighted by atomic mass is 28.4. The van der Waals surface area contributed by atoms with E-state index in [1.54, 1.807) is 0 Å². The van der Waals surface area contributed by atoms with Gasteiger partial charge in [0.2, 0.25) is 0 Å². The monoisotopic (exact) mass is 685 g/mol. The summed E-state index contributed by atoms with van der Waals surface area (Å²) >= 11 is 0.